The molecule has 5 heteroatoms. The predicted octanol–water partition coefficient (Wildman–Crippen LogP) is 2.69. The molecule has 16 heavy (non-hydrogen) atoms. The van der Waals surface area contributed by atoms with Crippen LogP contribution in [0.25, 0.3) is 0 Å². The Morgan fingerprint density at radius 2 is 2.06 bits per heavy atom. The molecule has 0 bridgehead atoms. The fourth-order valence-corrected chi connectivity index (χ4v) is 2.30. The van der Waals surface area contributed by atoms with Gasteiger partial charge in [-0.25, -0.2) is 0 Å². The molecule has 1 unspecified atom stereocenters. The second-order valence-electron chi connectivity index (χ2n) is 4.25. The summed E-state index contributed by atoms with van der Waals surface area (Å²) in [4.78, 5) is 2.28. The van der Waals surface area contributed by atoms with Crippen molar-refractivity contribution in [1.82, 2.24) is 4.90 Å². The summed E-state index contributed by atoms with van der Waals surface area (Å²) >= 11 is 11.8. The van der Waals surface area contributed by atoms with Crippen LogP contribution in [0.4, 0.5) is 11.4 Å². The van der Waals surface area contributed by atoms with Crippen LogP contribution in [0.15, 0.2) is 12.1 Å². The lowest BCUT2D eigenvalue weighted by Crippen LogP contribution is -2.23. The number of hydrogen-bond acceptors (Lipinski definition) is 3. The van der Waals surface area contributed by atoms with Crippen molar-refractivity contribution in [3.05, 3.63) is 22.2 Å². The van der Waals surface area contributed by atoms with Crippen LogP contribution in [-0.4, -0.2) is 31.1 Å². The average molecular weight is 260 g/mol. The molecule has 88 valence electrons. The minimum absolute atomic E-state index is 0.435. The van der Waals surface area contributed by atoms with Gasteiger partial charge in [0, 0.05) is 12.6 Å². The first-order chi connectivity index (χ1) is 7.56. The summed E-state index contributed by atoms with van der Waals surface area (Å²) in [7, 11) is 2.11. The zero-order valence-electron chi connectivity index (χ0n) is 9.13. The molecular weight excluding hydrogens is 245 g/mol. The second kappa shape index (κ2) is 4.70. The zero-order chi connectivity index (χ0) is 11.7. The molecule has 0 aliphatic carbocycles. The molecule has 1 aromatic rings. The number of nitrogens with two attached hydrogens (primary N) is 1. The Labute approximate surface area is 106 Å². The van der Waals surface area contributed by atoms with Gasteiger partial charge in [0.1, 0.15) is 0 Å². The van der Waals surface area contributed by atoms with Crippen molar-refractivity contribution in [1.29, 1.82) is 0 Å². The lowest BCUT2D eigenvalue weighted by atomic mass is 10.2. The third-order valence-corrected chi connectivity index (χ3v) is 3.57. The van der Waals surface area contributed by atoms with Crippen molar-refractivity contribution in [2.24, 2.45) is 0 Å². The average Bonchev–Trinajstić information content (AvgIpc) is 2.60. The van der Waals surface area contributed by atoms with E-state index in [1.165, 1.54) is 0 Å². The molecule has 1 aliphatic rings. The Kier molecular flexibility index (Phi) is 3.47. The number of nitrogens with one attached hydrogen (secondary N) is 1. The number of hydrogen-bond donors (Lipinski definition) is 2. The minimum atomic E-state index is 0.435. The maximum Gasteiger partial charge on any atom is 0.0614 e. The SMILES string of the molecule is CN1CCC(Nc2cc(Cl)c(Cl)cc2N)C1. The van der Waals surface area contributed by atoms with Crippen LogP contribution >= 0.6 is 23.2 Å². The molecule has 3 nitrogen and oxygen atoms in total. The lowest BCUT2D eigenvalue weighted by molar-refractivity contribution is 0.414. The molecule has 1 atom stereocenters. The Morgan fingerprint density at radius 1 is 1.38 bits per heavy atom. The highest BCUT2D eigenvalue weighted by molar-refractivity contribution is 6.42. The Balaban J connectivity index is 2.12. The van der Waals surface area contributed by atoms with Gasteiger partial charge in [0.2, 0.25) is 0 Å². The van der Waals surface area contributed by atoms with Crippen LogP contribution in [0.2, 0.25) is 10.0 Å². The number of benzene rings is 1. The van der Waals surface area contributed by atoms with E-state index in [-0.39, 0.29) is 0 Å². The first-order valence-electron chi connectivity index (χ1n) is 5.26. The molecule has 1 saturated heterocycles. The summed E-state index contributed by atoms with van der Waals surface area (Å²) < 4.78 is 0. The fourth-order valence-electron chi connectivity index (χ4n) is 1.96. The monoisotopic (exact) mass is 259 g/mol. The molecule has 0 amide bonds. The molecule has 0 radical (unpaired) electrons. The first-order valence-corrected chi connectivity index (χ1v) is 6.01. The van der Waals surface area contributed by atoms with Crippen LogP contribution in [0, 0.1) is 0 Å². The van der Waals surface area contributed by atoms with E-state index in [1.54, 1.807) is 12.1 Å². The summed E-state index contributed by atoms with van der Waals surface area (Å²) in [6, 6.07) is 3.91. The molecule has 1 aromatic carbocycles. The molecule has 1 heterocycles. The maximum absolute atomic E-state index is 5.96. The summed E-state index contributed by atoms with van der Waals surface area (Å²) in [5.74, 6) is 0. The number of rotatable bonds is 2. The van der Waals surface area contributed by atoms with Crippen molar-refractivity contribution in [3.8, 4) is 0 Å². The lowest BCUT2D eigenvalue weighted by Gasteiger charge is -2.16. The number of likely N-dealkylation sites (tertiary alicyclic amines) is 1. The molecule has 2 rings (SSSR count). The van der Waals surface area contributed by atoms with Crippen LogP contribution in [0.5, 0.6) is 0 Å². The van der Waals surface area contributed by atoms with E-state index in [1.807, 2.05) is 0 Å². The maximum atomic E-state index is 5.96. The highest BCUT2D eigenvalue weighted by Gasteiger charge is 2.19. The van der Waals surface area contributed by atoms with Gasteiger partial charge in [-0.15, -0.1) is 0 Å². The predicted molar refractivity (Wildman–Crippen MR) is 70.4 cm³/mol. The molecule has 3 N–H and O–H groups in total. The van der Waals surface area contributed by atoms with Gasteiger partial charge in [-0.1, -0.05) is 23.2 Å². The largest absolute Gasteiger partial charge is 0.397 e. The van der Waals surface area contributed by atoms with E-state index in [9.17, 15) is 0 Å². The molecule has 0 spiro atoms. The molecule has 0 aromatic heterocycles. The van der Waals surface area contributed by atoms with Gasteiger partial charge in [-0.3, -0.25) is 0 Å². The summed E-state index contributed by atoms with van der Waals surface area (Å²) in [5, 5.41) is 4.42. The van der Waals surface area contributed by atoms with Crippen molar-refractivity contribution >= 4 is 34.6 Å². The number of nitrogens with zero attached hydrogens (tertiary/aromatic N) is 1. The summed E-state index contributed by atoms with van der Waals surface area (Å²) in [6.45, 7) is 2.14. The van der Waals surface area contributed by atoms with Gasteiger partial charge < -0.3 is 16.0 Å². The summed E-state index contributed by atoms with van der Waals surface area (Å²) in [5.41, 5.74) is 7.40. The van der Waals surface area contributed by atoms with Gasteiger partial charge in [0.15, 0.2) is 0 Å². The quantitative estimate of drug-likeness (QED) is 0.803. The number of halogens is 2. The number of nitrogen functional groups attached to an aromatic ring is 1. The minimum Gasteiger partial charge on any atom is -0.397 e. The van der Waals surface area contributed by atoms with Gasteiger partial charge in [-0.05, 0) is 32.1 Å². The normalized spacial score (nSPS) is 21.3. The second-order valence-corrected chi connectivity index (χ2v) is 5.06. The highest BCUT2D eigenvalue weighted by atomic mass is 35.5. The molecule has 1 aliphatic heterocycles. The van der Waals surface area contributed by atoms with Gasteiger partial charge in [0.25, 0.3) is 0 Å². The van der Waals surface area contributed by atoms with Crippen LogP contribution in [0.1, 0.15) is 6.42 Å². The van der Waals surface area contributed by atoms with Crippen molar-refractivity contribution in [2.75, 3.05) is 31.2 Å². The van der Waals surface area contributed by atoms with Gasteiger partial charge >= 0.3 is 0 Å². The fraction of sp³-hybridized carbons (Fsp3) is 0.455. The van der Waals surface area contributed by atoms with E-state index in [0.29, 0.717) is 21.8 Å². The topological polar surface area (TPSA) is 41.3 Å². The van der Waals surface area contributed by atoms with Gasteiger partial charge in [0.05, 0.1) is 21.4 Å². The van der Waals surface area contributed by atoms with E-state index < -0.39 is 0 Å². The number of likely N-dealkylation sites (N-methyl/N-ethyl adjacent to an activating group) is 1. The molecular formula is C11H15Cl2N3. The van der Waals surface area contributed by atoms with E-state index in [2.05, 4.69) is 17.3 Å². The van der Waals surface area contributed by atoms with Crippen molar-refractivity contribution in [2.45, 2.75) is 12.5 Å². The summed E-state index contributed by atoms with van der Waals surface area (Å²) in [6.07, 6.45) is 1.12. The standard InChI is InChI=1S/C11H15Cl2N3/c1-16-3-2-7(6-16)15-11-5-9(13)8(12)4-10(11)14/h4-5,7,15H,2-3,6,14H2,1H3. The smallest absolute Gasteiger partial charge is 0.0614 e. The Morgan fingerprint density at radius 3 is 2.69 bits per heavy atom. The van der Waals surface area contributed by atoms with Gasteiger partial charge in [-0.2, -0.15) is 0 Å². The zero-order valence-corrected chi connectivity index (χ0v) is 10.6. The highest BCUT2D eigenvalue weighted by Crippen LogP contribution is 2.31. The van der Waals surface area contributed by atoms with E-state index in [0.717, 1.165) is 25.2 Å². The van der Waals surface area contributed by atoms with Crippen LogP contribution < -0.4 is 11.1 Å². The van der Waals surface area contributed by atoms with Crippen LogP contribution in [-0.2, 0) is 0 Å². The number of anilines is 2. The van der Waals surface area contributed by atoms with Crippen molar-refractivity contribution < 1.29 is 0 Å². The molecule has 1 fully saturated rings. The third kappa shape index (κ3) is 2.54. The molecule has 0 saturated carbocycles. The Bertz CT molecular complexity index is 395. The first kappa shape index (κ1) is 11.8. The van der Waals surface area contributed by atoms with Crippen molar-refractivity contribution in [3.63, 3.8) is 0 Å². The van der Waals surface area contributed by atoms with Crippen LogP contribution in [0.3, 0.4) is 0 Å². The Hall–Kier alpha value is -0.640. The third-order valence-electron chi connectivity index (χ3n) is 2.84. The van der Waals surface area contributed by atoms with E-state index >= 15 is 0 Å². The van der Waals surface area contributed by atoms with E-state index in [4.69, 9.17) is 28.9 Å².